The number of rotatable bonds is 10. The van der Waals surface area contributed by atoms with Crippen LogP contribution in [0.5, 0.6) is 0 Å². The molecule has 1 rings (SSSR count). The van der Waals surface area contributed by atoms with Crippen molar-refractivity contribution in [1.82, 2.24) is 4.90 Å². The van der Waals surface area contributed by atoms with Gasteiger partial charge in [0.05, 0.1) is 25.9 Å². The number of nitrogens with zero attached hydrogens (tertiary/aromatic N) is 1. The predicted octanol–water partition coefficient (Wildman–Crippen LogP) is 2.82. The lowest BCUT2D eigenvalue weighted by atomic mass is 10.1. The average molecular weight is 257 g/mol. The van der Waals surface area contributed by atoms with Crippen molar-refractivity contribution in [2.75, 3.05) is 32.9 Å². The Bertz CT molecular complexity index is 187. The minimum absolute atomic E-state index is 0.233. The van der Waals surface area contributed by atoms with E-state index >= 15 is 0 Å². The second-order valence-electron chi connectivity index (χ2n) is 5.42. The highest BCUT2D eigenvalue weighted by molar-refractivity contribution is 4.74. The number of morpholine rings is 1. The summed E-state index contributed by atoms with van der Waals surface area (Å²) in [5.41, 5.74) is 0. The molecule has 0 aromatic heterocycles. The Hall–Kier alpha value is -0.120. The summed E-state index contributed by atoms with van der Waals surface area (Å²) in [5, 5.41) is 9.26. The fourth-order valence-electron chi connectivity index (χ4n) is 2.60. The van der Waals surface area contributed by atoms with E-state index in [1.807, 2.05) is 0 Å². The van der Waals surface area contributed by atoms with Crippen LogP contribution in [0.4, 0.5) is 0 Å². The summed E-state index contributed by atoms with van der Waals surface area (Å²) in [6.45, 7) is 6.14. The molecule has 108 valence electrons. The Morgan fingerprint density at radius 2 is 1.72 bits per heavy atom. The van der Waals surface area contributed by atoms with Crippen LogP contribution in [0.25, 0.3) is 0 Å². The first-order valence-electron chi connectivity index (χ1n) is 7.81. The maximum absolute atomic E-state index is 9.26. The molecular formula is C15H31NO2. The second-order valence-corrected chi connectivity index (χ2v) is 5.42. The summed E-state index contributed by atoms with van der Waals surface area (Å²) < 4.78 is 5.38. The number of aliphatic hydroxyl groups is 1. The van der Waals surface area contributed by atoms with Crippen LogP contribution < -0.4 is 0 Å². The largest absolute Gasteiger partial charge is 0.395 e. The third kappa shape index (κ3) is 6.72. The normalized spacial score (nSPS) is 21.3. The van der Waals surface area contributed by atoms with Gasteiger partial charge in [0, 0.05) is 6.54 Å². The van der Waals surface area contributed by atoms with E-state index in [1.165, 1.54) is 51.4 Å². The molecule has 0 spiro atoms. The molecule has 1 heterocycles. The quantitative estimate of drug-likeness (QED) is 0.611. The van der Waals surface area contributed by atoms with E-state index in [9.17, 15) is 5.11 Å². The zero-order valence-corrected chi connectivity index (χ0v) is 12.1. The van der Waals surface area contributed by atoms with Gasteiger partial charge in [-0.25, -0.2) is 0 Å². The lowest BCUT2D eigenvalue weighted by molar-refractivity contribution is -0.0278. The van der Waals surface area contributed by atoms with Gasteiger partial charge in [-0.1, -0.05) is 51.9 Å². The van der Waals surface area contributed by atoms with E-state index in [-0.39, 0.29) is 12.6 Å². The Kier molecular flexibility index (Phi) is 9.54. The van der Waals surface area contributed by atoms with Crippen LogP contribution in [0.3, 0.4) is 0 Å². The first kappa shape index (κ1) is 15.9. The second kappa shape index (κ2) is 10.8. The van der Waals surface area contributed by atoms with Gasteiger partial charge in [0.2, 0.25) is 0 Å². The van der Waals surface area contributed by atoms with Crippen molar-refractivity contribution in [1.29, 1.82) is 0 Å². The molecule has 0 aromatic carbocycles. The van der Waals surface area contributed by atoms with E-state index in [4.69, 9.17) is 4.74 Å². The number of hydrogen-bond acceptors (Lipinski definition) is 3. The van der Waals surface area contributed by atoms with Crippen LogP contribution in [0.1, 0.15) is 58.3 Å². The van der Waals surface area contributed by atoms with Gasteiger partial charge < -0.3 is 9.84 Å². The summed E-state index contributed by atoms with van der Waals surface area (Å²) in [6.07, 6.45) is 10.9. The maximum Gasteiger partial charge on any atom is 0.0644 e. The third-order valence-corrected chi connectivity index (χ3v) is 3.86. The Labute approximate surface area is 113 Å². The van der Waals surface area contributed by atoms with Gasteiger partial charge >= 0.3 is 0 Å². The molecule has 1 saturated heterocycles. The molecule has 1 aliphatic heterocycles. The van der Waals surface area contributed by atoms with Crippen molar-refractivity contribution >= 4 is 0 Å². The van der Waals surface area contributed by atoms with Gasteiger partial charge in [0.25, 0.3) is 0 Å². The van der Waals surface area contributed by atoms with Gasteiger partial charge in [-0.2, -0.15) is 0 Å². The third-order valence-electron chi connectivity index (χ3n) is 3.86. The van der Waals surface area contributed by atoms with Crippen molar-refractivity contribution in [3.05, 3.63) is 0 Å². The Morgan fingerprint density at radius 3 is 2.39 bits per heavy atom. The highest BCUT2D eigenvalue weighted by Gasteiger charge is 2.21. The molecule has 3 heteroatoms. The van der Waals surface area contributed by atoms with Crippen LogP contribution in [-0.2, 0) is 4.74 Å². The van der Waals surface area contributed by atoms with Crippen molar-refractivity contribution in [2.24, 2.45) is 0 Å². The van der Waals surface area contributed by atoms with Gasteiger partial charge in [0.15, 0.2) is 0 Å². The van der Waals surface area contributed by atoms with Crippen molar-refractivity contribution in [3.63, 3.8) is 0 Å². The van der Waals surface area contributed by atoms with Gasteiger partial charge in [-0.3, -0.25) is 4.90 Å². The van der Waals surface area contributed by atoms with E-state index in [0.717, 1.165) is 19.7 Å². The van der Waals surface area contributed by atoms with E-state index in [0.29, 0.717) is 6.61 Å². The highest BCUT2D eigenvalue weighted by atomic mass is 16.5. The van der Waals surface area contributed by atoms with Crippen LogP contribution in [-0.4, -0.2) is 49.0 Å². The molecule has 0 aliphatic carbocycles. The lowest BCUT2D eigenvalue weighted by Crippen LogP contribution is -2.47. The van der Waals surface area contributed by atoms with Gasteiger partial charge in [0.1, 0.15) is 0 Å². The number of hydrogen-bond donors (Lipinski definition) is 1. The fraction of sp³-hybridized carbons (Fsp3) is 1.00. The minimum atomic E-state index is 0.233. The number of ether oxygens (including phenoxy) is 1. The first-order valence-corrected chi connectivity index (χ1v) is 7.81. The molecule has 1 fully saturated rings. The minimum Gasteiger partial charge on any atom is -0.395 e. The summed E-state index contributed by atoms with van der Waals surface area (Å²) in [6, 6.07) is 0.239. The molecule has 0 saturated carbocycles. The van der Waals surface area contributed by atoms with Crippen molar-refractivity contribution in [2.45, 2.75) is 64.3 Å². The van der Waals surface area contributed by atoms with Crippen LogP contribution >= 0.6 is 0 Å². The summed E-state index contributed by atoms with van der Waals surface area (Å²) >= 11 is 0. The molecule has 0 aromatic rings. The number of unbranched alkanes of at least 4 members (excludes halogenated alkanes) is 7. The molecule has 1 aliphatic rings. The van der Waals surface area contributed by atoms with Crippen LogP contribution in [0.15, 0.2) is 0 Å². The molecule has 1 N–H and O–H groups in total. The Morgan fingerprint density at radius 1 is 1.06 bits per heavy atom. The number of aliphatic hydroxyl groups excluding tert-OH is 1. The lowest BCUT2D eigenvalue weighted by Gasteiger charge is -2.34. The fourth-order valence-corrected chi connectivity index (χ4v) is 2.60. The molecule has 18 heavy (non-hydrogen) atoms. The molecule has 1 unspecified atom stereocenters. The topological polar surface area (TPSA) is 32.7 Å². The molecule has 1 atom stereocenters. The molecular weight excluding hydrogens is 226 g/mol. The predicted molar refractivity (Wildman–Crippen MR) is 75.9 cm³/mol. The molecule has 0 radical (unpaired) electrons. The molecule has 0 bridgehead atoms. The van der Waals surface area contributed by atoms with Crippen LogP contribution in [0.2, 0.25) is 0 Å². The SMILES string of the molecule is CCCCCCCCCCN1CCOCC1CO. The van der Waals surface area contributed by atoms with Gasteiger partial charge in [-0.05, 0) is 13.0 Å². The van der Waals surface area contributed by atoms with Gasteiger partial charge in [-0.15, -0.1) is 0 Å². The van der Waals surface area contributed by atoms with Crippen LogP contribution in [0, 0.1) is 0 Å². The molecule has 0 amide bonds. The zero-order chi connectivity index (χ0) is 13.1. The van der Waals surface area contributed by atoms with E-state index in [1.54, 1.807) is 0 Å². The summed E-state index contributed by atoms with van der Waals surface area (Å²) in [7, 11) is 0. The van der Waals surface area contributed by atoms with E-state index < -0.39 is 0 Å². The van der Waals surface area contributed by atoms with Crippen molar-refractivity contribution in [3.8, 4) is 0 Å². The average Bonchev–Trinajstić information content (AvgIpc) is 2.42. The monoisotopic (exact) mass is 257 g/mol. The summed E-state index contributed by atoms with van der Waals surface area (Å²) in [4.78, 5) is 2.39. The standard InChI is InChI=1S/C15H31NO2/c1-2-3-4-5-6-7-8-9-10-16-11-12-18-14-15(16)13-17/h15,17H,2-14H2,1H3. The maximum atomic E-state index is 9.26. The Balaban J connectivity index is 1.93. The zero-order valence-electron chi connectivity index (χ0n) is 12.1. The summed E-state index contributed by atoms with van der Waals surface area (Å²) in [5.74, 6) is 0. The first-order chi connectivity index (χ1) is 8.88. The van der Waals surface area contributed by atoms with Crippen molar-refractivity contribution < 1.29 is 9.84 Å². The van der Waals surface area contributed by atoms with E-state index in [2.05, 4.69) is 11.8 Å². The highest BCUT2D eigenvalue weighted by Crippen LogP contribution is 2.11. The smallest absolute Gasteiger partial charge is 0.0644 e. The molecule has 3 nitrogen and oxygen atoms in total.